The van der Waals surface area contributed by atoms with E-state index in [-0.39, 0.29) is 6.04 Å². The lowest BCUT2D eigenvalue weighted by Gasteiger charge is -2.11. The largest absolute Gasteiger partial charge is 0.304 e. The van der Waals surface area contributed by atoms with Gasteiger partial charge in [0, 0.05) is 39.9 Å². The number of aromatic amines is 1. The van der Waals surface area contributed by atoms with Gasteiger partial charge in [0.25, 0.3) is 0 Å². The number of aromatic nitrogens is 3. The van der Waals surface area contributed by atoms with Crippen LogP contribution >= 0.6 is 22.9 Å². The predicted molar refractivity (Wildman–Crippen MR) is 91.1 cm³/mol. The van der Waals surface area contributed by atoms with Crippen molar-refractivity contribution in [2.24, 2.45) is 0 Å². The summed E-state index contributed by atoms with van der Waals surface area (Å²) in [5, 5.41) is 12.2. The second kappa shape index (κ2) is 6.60. The lowest BCUT2D eigenvalue weighted by molar-refractivity contribution is 0.571. The molecule has 3 aromatic rings. The number of hydrogen-bond acceptors (Lipinski definition) is 4. The number of H-pyrrole nitrogens is 1. The maximum Gasteiger partial charge on any atom is 0.123 e. The van der Waals surface area contributed by atoms with E-state index in [9.17, 15) is 0 Å². The first-order valence-electron chi connectivity index (χ1n) is 7.08. The fourth-order valence-corrected chi connectivity index (χ4v) is 3.49. The lowest BCUT2D eigenvalue weighted by Crippen LogP contribution is -2.18. The van der Waals surface area contributed by atoms with Gasteiger partial charge in [-0.2, -0.15) is 5.10 Å². The van der Waals surface area contributed by atoms with Crippen molar-refractivity contribution in [1.82, 2.24) is 20.5 Å². The van der Waals surface area contributed by atoms with E-state index in [1.54, 1.807) is 17.5 Å². The molecule has 1 aromatic carbocycles. The number of hydrogen-bond donors (Lipinski definition) is 2. The highest BCUT2D eigenvalue weighted by Crippen LogP contribution is 2.32. The molecule has 0 radical (unpaired) electrons. The Labute approximate surface area is 138 Å². The van der Waals surface area contributed by atoms with E-state index in [1.165, 1.54) is 4.88 Å². The first-order valence-corrected chi connectivity index (χ1v) is 8.28. The fraction of sp³-hybridized carbons (Fsp3) is 0.250. The van der Waals surface area contributed by atoms with Gasteiger partial charge >= 0.3 is 0 Å². The van der Waals surface area contributed by atoms with Gasteiger partial charge in [0.05, 0.1) is 5.69 Å². The summed E-state index contributed by atoms with van der Waals surface area (Å²) < 4.78 is 0. The molecular formula is C16H17ClN4S. The van der Waals surface area contributed by atoms with Crippen molar-refractivity contribution < 1.29 is 0 Å². The highest BCUT2D eigenvalue weighted by molar-refractivity contribution is 7.15. The van der Waals surface area contributed by atoms with Crippen molar-refractivity contribution in [2.75, 3.05) is 0 Å². The molecule has 6 heteroatoms. The van der Waals surface area contributed by atoms with Crippen LogP contribution in [0.25, 0.3) is 10.6 Å². The topological polar surface area (TPSA) is 53.6 Å². The maximum absolute atomic E-state index is 5.94. The second-order valence-corrected chi connectivity index (χ2v) is 6.63. The second-order valence-electron chi connectivity index (χ2n) is 5.16. The molecule has 2 aromatic heterocycles. The zero-order valence-electron chi connectivity index (χ0n) is 12.4. The molecule has 0 fully saturated rings. The summed E-state index contributed by atoms with van der Waals surface area (Å²) in [5.41, 5.74) is 3.25. The smallest absolute Gasteiger partial charge is 0.123 e. The van der Waals surface area contributed by atoms with Gasteiger partial charge in [-0.05, 0) is 32.0 Å². The van der Waals surface area contributed by atoms with Crippen LogP contribution in [-0.4, -0.2) is 15.2 Å². The van der Waals surface area contributed by atoms with Crippen LogP contribution in [0.5, 0.6) is 0 Å². The number of nitrogens with zero attached hydrogens (tertiary/aromatic N) is 2. The first-order chi connectivity index (χ1) is 10.6. The number of halogens is 1. The summed E-state index contributed by atoms with van der Waals surface area (Å²) in [6, 6.07) is 10.0. The Hall–Kier alpha value is -1.69. The van der Waals surface area contributed by atoms with Crippen molar-refractivity contribution >= 4 is 22.9 Å². The molecule has 0 saturated carbocycles. The molecule has 2 heterocycles. The van der Waals surface area contributed by atoms with Crippen LogP contribution in [0.2, 0.25) is 5.02 Å². The van der Waals surface area contributed by atoms with Crippen molar-refractivity contribution in [3.05, 3.63) is 57.8 Å². The molecule has 4 nitrogen and oxygen atoms in total. The number of thiazole rings is 1. The molecule has 1 atom stereocenters. The molecule has 2 N–H and O–H groups in total. The summed E-state index contributed by atoms with van der Waals surface area (Å²) in [6.07, 6.45) is 1.76. The van der Waals surface area contributed by atoms with Crippen molar-refractivity contribution in [3.8, 4) is 10.6 Å². The average molecular weight is 333 g/mol. The molecule has 0 aliphatic rings. The number of nitrogens with one attached hydrogen (secondary N) is 2. The Morgan fingerprint density at radius 2 is 2.05 bits per heavy atom. The highest BCUT2D eigenvalue weighted by Gasteiger charge is 2.15. The van der Waals surface area contributed by atoms with Gasteiger partial charge in [-0.1, -0.05) is 23.7 Å². The fourth-order valence-electron chi connectivity index (χ4n) is 2.26. The Balaban J connectivity index is 1.75. The minimum absolute atomic E-state index is 0.238. The Kier molecular flexibility index (Phi) is 4.57. The molecule has 0 aliphatic heterocycles. The van der Waals surface area contributed by atoms with Gasteiger partial charge < -0.3 is 5.32 Å². The standard InChI is InChI=1S/C16H17ClN4S/c1-10(18-9-14-7-8-19-21-14)15-11(2)20-16(22-15)12-3-5-13(17)6-4-12/h3-8,10,18H,9H2,1-2H3,(H,19,21). The zero-order valence-corrected chi connectivity index (χ0v) is 14.0. The van der Waals surface area contributed by atoms with E-state index >= 15 is 0 Å². The van der Waals surface area contributed by atoms with Crippen LogP contribution < -0.4 is 5.32 Å². The van der Waals surface area contributed by atoms with E-state index in [0.29, 0.717) is 0 Å². The van der Waals surface area contributed by atoms with Gasteiger partial charge in [-0.15, -0.1) is 11.3 Å². The van der Waals surface area contributed by atoms with Gasteiger partial charge in [0.2, 0.25) is 0 Å². The third kappa shape index (κ3) is 3.38. The van der Waals surface area contributed by atoms with Crippen LogP contribution in [0.1, 0.15) is 29.2 Å². The number of benzene rings is 1. The molecule has 0 amide bonds. The van der Waals surface area contributed by atoms with Crippen molar-refractivity contribution in [2.45, 2.75) is 26.4 Å². The monoisotopic (exact) mass is 332 g/mol. The minimum atomic E-state index is 0.238. The van der Waals surface area contributed by atoms with Gasteiger partial charge in [-0.25, -0.2) is 4.98 Å². The van der Waals surface area contributed by atoms with E-state index in [1.807, 2.05) is 30.3 Å². The molecule has 0 spiro atoms. The summed E-state index contributed by atoms with van der Waals surface area (Å²) in [6.45, 7) is 4.97. The van der Waals surface area contributed by atoms with Gasteiger partial charge in [0.15, 0.2) is 0 Å². The minimum Gasteiger partial charge on any atom is -0.304 e. The number of aryl methyl sites for hydroxylation is 1. The molecule has 0 aliphatic carbocycles. The highest BCUT2D eigenvalue weighted by atomic mass is 35.5. The molecule has 1 unspecified atom stereocenters. The van der Waals surface area contributed by atoms with Crippen LogP contribution in [-0.2, 0) is 6.54 Å². The molecule has 0 bridgehead atoms. The third-order valence-corrected chi connectivity index (χ3v) is 5.12. The van der Waals surface area contributed by atoms with Gasteiger partial charge in [-0.3, -0.25) is 5.10 Å². The number of rotatable bonds is 5. The van der Waals surface area contributed by atoms with Crippen LogP contribution in [0, 0.1) is 6.92 Å². The molecule has 22 heavy (non-hydrogen) atoms. The SMILES string of the molecule is Cc1nc(-c2ccc(Cl)cc2)sc1C(C)NCc1ccn[nH]1. The van der Waals surface area contributed by atoms with Gasteiger partial charge in [0.1, 0.15) is 5.01 Å². The molecular weight excluding hydrogens is 316 g/mol. The summed E-state index contributed by atoms with van der Waals surface area (Å²) in [5.74, 6) is 0. The van der Waals surface area contributed by atoms with E-state index in [2.05, 4.69) is 29.4 Å². The summed E-state index contributed by atoms with van der Waals surface area (Å²) >= 11 is 7.66. The van der Waals surface area contributed by atoms with Crippen molar-refractivity contribution in [3.63, 3.8) is 0 Å². The zero-order chi connectivity index (χ0) is 15.5. The molecule has 114 valence electrons. The van der Waals surface area contributed by atoms with Crippen LogP contribution in [0.15, 0.2) is 36.5 Å². The summed E-state index contributed by atoms with van der Waals surface area (Å²) in [7, 11) is 0. The Morgan fingerprint density at radius 1 is 1.27 bits per heavy atom. The molecule has 3 rings (SSSR count). The Bertz CT molecular complexity index is 734. The first kappa shape index (κ1) is 15.2. The Morgan fingerprint density at radius 3 is 2.73 bits per heavy atom. The van der Waals surface area contributed by atoms with Crippen LogP contribution in [0.4, 0.5) is 0 Å². The quantitative estimate of drug-likeness (QED) is 0.730. The maximum atomic E-state index is 5.94. The lowest BCUT2D eigenvalue weighted by atomic mass is 10.2. The van der Waals surface area contributed by atoms with Crippen LogP contribution in [0.3, 0.4) is 0 Å². The van der Waals surface area contributed by atoms with E-state index in [0.717, 1.165) is 33.5 Å². The molecule has 0 saturated heterocycles. The van der Waals surface area contributed by atoms with E-state index in [4.69, 9.17) is 16.6 Å². The predicted octanol–water partition coefficient (Wildman–Crippen LogP) is 4.35. The third-order valence-electron chi connectivity index (χ3n) is 3.47. The average Bonchev–Trinajstić information content (AvgIpc) is 3.15. The van der Waals surface area contributed by atoms with E-state index < -0.39 is 0 Å². The van der Waals surface area contributed by atoms with Crippen molar-refractivity contribution in [1.29, 1.82) is 0 Å². The summed E-state index contributed by atoms with van der Waals surface area (Å²) in [4.78, 5) is 5.95. The normalized spacial score (nSPS) is 12.5.